The molecular formula is C15H16N2O5. The molecule has 0 aliphatic carbocycles. The van der Waals surface area contributed by atoms with Crippen LogP contribution in [0.4, 0.5) is 0 Å². The van der Waals surface area contributed by atoms with Crippen LogP contribution in [0.15, 0.2) is 30.3 Å². The fourth-order valence-corrected chi connectivity index (χ4v) is 2.03. The van der Waals surface area contributed by atoms with Gasteiger partial charge in [-0.25, -0.2) is 4.79 Å². The minimum atomic E-state index is -1.00. The number of ether oxygens (including phenoxy) is 1. The Hall–Kier alpha value is -2.67. The fourth-order valence-electron chi connectivity index (χ4n) is 2.03. The first-order chi connectivity index (χ1) is 10.5. The third-order valence-corrected chi connectivity index (χ3v) is 3.27. The summed E-state index contributed by atoms with van der Waals surface area (Å²) in [6, 6.07) is 6.15. The molecule has 1 aliphatic heterocycles. The van der Waals surface area contributed by atoms with Gasteiger partial charge in [-0.3, -0.25) is 9.59 Å². The average Bonchev–Trinajstić information content (AvgIpc) is 2.53. The van der Waals surface area contributed by atoms with E-state index in [1.165, 1.54) is 23.1 Å². The van der Waals surface area contributed by atoms with Gasteiger partial charge in [0, 0.05) is 12.6 Å². The molecule has 1 unspecified atom stereocenters. The number of carboxylic acids is 1. The van der Waals surface area contributed by atoms with Crippen molar-refractivity contribution in [2.24, 2.45) is 5.73 Å². The minimum absolute atomic E-state index is 0.135. The molecule has 3 N–H and O–H groups in total. The summed E-state index contributed by atoms with van der Waals surface area (Å²) in [6.45, 7) is 0.794. The van der Waals surface area contributed by atoms with Gasteiger partial charge in [-0.1, -0.05) is 12.1 Å². The molecule has 1 atom stereocenters. The van der Waals surface area contributed by atoms with Crippen molar-refractivity contribution in [1.82, 2.24) is 4.90 Å². The summed E-state index contributed by atoms with van der Waals surface area (Å²) >= 11 is 0. The number of primary amides is 1. The summed E-state index contributed by atoms with van der Waals surface area (Å²) in [6.07, 6.45) is 2.18. The Morgan fingerprint density at radius 3 is 2.55 bits per heavy atom. The van der Waals surface area contributed by atoms with E-state index in [1.54, 1.807) is 18.2 Å². The maximum atomic E-state index is 12.1. The number of nitrogens with zero attached hydrogens (tertiary/aromatic N) is 1. The van der Waals surface area contributed by atoms with Crippen molar-refractivity contribution >= 4 is 23.9 Å². The number of carbonyl (C=O) groups excluding carboxylic acids is 2. The van der Waals surface area contributed by atoms with Gasteiger partial charge in [0.25, 0.3) is 0 Å². The Kier molecular flexibility index (Phi) is 4.90. The number of hydrogen-bond acceptors (Lipinski definition) is 4. The standard InChI is InChI=1S/C15H16N2O5/c16-14(19)12-9-17(7-8-22-12)13(18)6-3-10-1-4-11(5-2-10)15(20)21/h1-6,12H,7-9H2,(H2,16,19)(H,20,21). The molecule has 22 heavy (non-hydrogen) atoms. The number of hydrogen-bond donors (Lipinski definition) is 2. The Morgan fingerprint density at radius 2 is 1.95 bits per heavy atom. The van der Waals surface area contributed by atoms with Crippen LogP contribution in [0.25, 0.3) is 6.08 Å². The van der Waals surface area contributed by atoms with Crippen molar-refractivity contribution in [2.75, 3.05) is 19.7 Å². The number of morpholine rings is 1. The summed E-state index contributed by atoms with van der Waals surface area (Å²) in [5.74, 6) is -1.85. The predicted molar refractivity (Wildman–Crippen MR) is 77.9 cm³/mol. The highest BCUT2D eigenvalue weighted by Crippen LogP contribution is 2.09. The fraction of sp³-hybridized carbons (Fsp3) is 0.267. The molecule has 0 saturated carbocycles. The van der Waals surface area contributed by atoms with Crippen molar-refractivity contribution in [3.63, 3.8) is 0 Å². The summed E-state index contributed by atoms with van der Waals surface area (Å²) in [7, 11) is 0. The number of nitrogens with two attached hydrogens (primary N) is 1. The molecule has 1 aromatic carbocycles. The van der Waals surface area contributed by atoms with Gasteiger partial charge in [-0.15, -0.1) is 0 Å². The second-order valence-corrected chi connectivity index (χ2v) is 4.81. The van der Waals surface area contributed by atoms with Gasteiger partial charge in [0.2, 0.25) is 11.8 Å². The molecule has 0 radical (unpaired) electrons. The van der Waals surface area contributed by atoms with E-state index in [1.807, 2.05) is 0 Å². The van der Waals surface area contributed by atoms with E-state index in [-0.39, 0.29) is 24.6 Å². The quantitative estimate of drug-likeness (QED) is 0.767. The molecule has 7 heteroatoms. The monoisotopic (exact) mass is 304 g/mol. The molecule has 2 rings (SSSR count). The van der Waals surface area contributed by atoms with Crippen LogP contribution >= 0.6 is 0 Å². The van der Waals surface area contributed by atoms with Gasteiger partial charge in [0.15, 0.2) is 6.10 Å². The molecule has 1 aromatic rings. The lowest BCUT2D eigenvalue weighted by Gasteiger charge is -2.30. The molecule has 2 amide bonds. The molecule has 0 bridgehead atoms. The third kappa shape index (κ3) is 3.92. The first-order valence-corrected chi connectivity index (χ1v) is 6.68. The van der Waals surface area contributed by atoms with Crippen LogP contribution in [0.1, 0.15) is 15.9 Å². The zero-order chi connectivity index (χ0) is 16.1. The number of benzene rings is 1. The topological polar surface area (TPSA) is 110 Å². The average molecular weight is 304 g/mol. The lowest BCUT2D eigenvalue weighted by molar-refractivity contribution is -0.142. The number of amides is 2. The number of carboxylic acid groups (broad SMARTS) is 1. The van der Waals surface area contributed by atoms with Crippen LogP contribution in [-0.2, 0) is 14.3 Å². The van der Waals surface area contributed by atoms with E-state index < -0.39 is 18.0 Å². The highest BCUT2D eigenvalue weighted by Gasteiger charge is 2.26. The first-order valence-electron chi connectivity index (χ1n) is 6.68. The van der Waals surface area contributed by atoms with E-state index in [0.29, 0.717) is 12.1 Å². The van der Waals surface area contributed by atoms with E-state index in [2.05, 4.69) is 0 Å². The molecule has 116 valence electrons. The molecule has 7 nitrogen and oxygen atoms in total. The van der Waals surface area contributed by atoms with Crippen molar-refractivity contribution in [2.45, 2.75) is 6.10 Å². The van der Waals surface area contributed by atoms with Crippen LogP contribution in [0, 0.1) is 0 Å². The molecule has 1 aliphatic rings. The number of rotatable bonds is 4. The molecule has 1 saturated heterocycles. The van der Waals surface area contributed by atoms with Crippen molar-refractivity contribution < 1.29 is 24.2 Å². The van der Waals surface area contributed by atoms with Crippen LogP contribution in [0.3, 0.4) is 0 Å². The van der Waals surface area contributed by atoms with E-state index in [4.69, 9.17) is 15.6 Å². The highest BCUT2D eigenvalue weighted by atomic mass is 16.5. The maximum Gasteiger partial charge on any atom is 0.335 e. The van der Waals surface area contributed by atoms with Gasteiger partial charge < -0.3 is 20.5 Å². The van der Waals surface area contributed by atoms with E-state index >= 15 is 0 Å². The van der Waals surface area contributed by atoms with Crippen LogP contribution < -0.4 is 5.73 Å². The zero-order valence-electron chi connectivity index (χ0n) is 11.8. The molecule has 1 fully saturated rings. The lowest BCUT2D eigenvalue weighted by atomic mass is 10.1. The van der Waals surface area contributed by atoms with Crippen LogP contribution in [0.2, 0.25) is 0 Å². The Bertz CT molecular complexity index is 609. The second-order valence-electron chi connectivity index (χ2n) is 4.81. The van der Waals surface area contributed by atoms with Gasteiger partial charge in [0.05, 0.1) is 18.7 Å². The van der Waals surface area contributed by atoms with Crippen molar-refractivity contribution in [3.05, 3.63) is 41.5 Å². The maximum absolute atomic E-state index is 12.1. The second kappa shape index (κ2) is 6.86. The summed E-state index contributed by atoms with van der Waals surface area (Å²) in [5.41, 5.74) is 6.05. The zero-order valence-corrected chi connectivity index (χ0v) is 11.8. The first kappa shape index (κ1) is 15.7. The van der Waals surface area contributed by atoms with E-state index in [0.717, 1.165) is 0 Å². The normalized spacial score (nSPS) is 18.4. The number of carbonyl (C=O) groups is 3. The SMILES string of the molecule is NC(=O)C1CN(C(=O)C=Cc2ccc(C(=O)O)cc2)CCO1. The summed E-state index contributed by atoms with van der Waals surface area (Å²) in [4.78, 5) is 35.4. The molecule has 1 heterocycles. The summed E-state index contributed by atoms with van der Waals surface area (Å²) in [5, 5.41) is 8.81. The Labute approximate surface area is 127 Å². The van der Waals surface area contributed by atoms with Crippen LogP contribution in [-0.4, -0.2) is 53.6 Å². The van der Waals surface area contributed by atoms with Gasteiger partial charge >= 0.3 is 5.97 Å². The number of aromatic carboxylic acids is 1. The van der Waals surface area contributed by atoms with Gasteiger partial charge in [0.1, 0.15) is 0 Å². The predicted octanol–water partition coefficient (Wildman–Crippen LogP) is 0.111. The van der Waals surface area contributed by atoms with E-state index in [9.17, 15) is 14.4 Å². The Balaban J connectivity index is 1.98. The molecule has 0 aromatic heterocycles. The third-order valence-electron chi connectivity index (χ3n) is 3.27. The smallest absolute Gasteiger partial charge is 0.335 e. The molecular weight excluding hydrogens is 288 g/mol. The van der Waals surface area contributed by atoms with Crippen LogP contribution in [0.5, 0.6) is 0 Å². The van der Waals surface area contributed by atoms with Gasteiger partial charge in [-0.05, 0) is 23.8 Å². The molecule has 0 spiro atoms. The van der Waals surface area contributed by atoms with Crippen molar-refractivity contribution in [1.29, 1.82) is 0 Å². The Morgan fingerprint density at radius 1 is 1.27 bits per heavy atom. The lowest BCUT2D eigenvalue weighted by Crippen LogP contribution is -2.50. The largest absolute Gasteiger partial charge is 0.478 e. The summed E-state index contributed by atoms with van der Waals surface area (Å²) < 4.78 is 5.17. The van der Waals surface area contributed by atoms with Gasteiger partial charge in [-0.2, -0.15) is 0 Å². The minimum Gasteiger partial charge on any atom is -0.478 e. The highest BCUT2D eigenvalue weighted by molar-refractivity contribution is 5.93. The van der Waals surface area contributed by atoms with Crippen molar-refractivity contribution in [3.8, 4) is 0 Å².